The van der Waals surface area contributed by atoms with Gasteiger partial charge in [-0.3, -0.25) is 9.59 Å². The number of ketones is 1. The number of carbonyl (C=O) groups is 3. The molecule has 6 heteroatoms. The number of amides is 1. The minimum Gasteiger partial charge on any atom is -0.507 e. The Bertz CT molecular complexity index is 1580. The van der Waals surface area contributed by atoms with Gasteiger partial charge in [-0.15, -0.1) is 0 Å². The number of rotatable bonds is 5. The highest BCUT2D eigenvalue weighted by atomic mass is 16.5. The number of ether oxygens (including phenoxy) is 1. The van der Waals surface area contributed by atoms with Crippen LogP contribution in [0.1, 0.15) is 38.7 Å². The zero-order valence-corrected chi connectivity index (χ0v) is 19.7. The molecule has 36 heavy (non-hydrogen) atoms. The van der Waals surface area contributed by atoms with Crippen molar-refractivity contribution in [3.05, 3.63) is 118 Å². The first-order valence-corrected chi connectivity index (χ1v) is 11.5. The molecule has 0 bridgehead atoms. The Kier molecular flexibility index (Phi) is 5.86. The predicted molar refractivity (Wildman–Crippen MR) is 138 cm³/mol. The predicted octanol–water partition coefficient (Wildman–Crippen LogP) is 5.85. The van der Waals surface area contributed by atoms with Gasteiger partial charge in [-0.05, 0) is 53.9 Å². The molecule has 0 radical (unpaired) electrons. The quantitative estimate of drug-likeness (QED) is 0.163. The van der Waals surface area contributed by atoms with Gasteiger partial charge < -0.3 is 15.2 Å². The lowest BCUT2D eigenvalue weighted by Gasteiger charge is -2.17. The van der Waals surface area contributed by atoms with E-state index >= 15 is 0 Å². The smallest absolute Gasteiger partial charge is 0.339 e. The number of aliphatic hydroxyl groups excluding tert-OH is 1. The van der Waals surface area contributed by atoms with Gasteiger partial charge in [0.1, 0.15) is 5.76 Å². The summed E-state index contributed by atoms with van der Waals surface area (Å²) in [6, 6.07) is 24.9. The second-order valence-electron chi connectivity index (χ2n) is 8.80. The van der Waals surface area contributed by atoms with Crippen molar-refractivity contribution >= 4 is 39.9 Å². The number of carbonyl (C=O) groups excluding carboxylic acids is 3. The van der Waals surface area contributed by atoms with Crippen LogP contribution in [-0.2, 0) is 14.3 Å². The van der Waals surface area contributed by atoms with Gasteiger partial charge in [-0.2, -0.15) is 0 Å². The molecule has 0 unspecified atom stereocenters. The van der Waals surface area contributed by atoms with E-state index in [1.165, 1.54) is 0 Å². The Morgan fingerprint density at radius 1 is 0.861 bits per heavy atom. The molecular formula is C30H23NO5. The van der Waals surface area contributed by atoms with Gasteiger partial charge in [0.2, 0.25) is 0 Å². The van der Waals surface area contributed by atoms with Gasteiger partial charge >= 0.3 is 5.97 Å². The number of fused-ring (bicyclic) bond motifs is 2. The topological polar surface area (TPSA) is 92.7 Å². The van der Waals surface area contributed by atoms with E-state index in [9.17, 15) is 19.5 Å². The molecule has 1 aliphatic heterocycles. The molecule has 1 atom stereocenters. The highest BCUT2D eigenvalue weighted by molar-refractivity contribution is 6.47. The van der Waals surface area contributed by atoms with E-state index in [0.29, 0.717) is 16.8 Å². The van der Waals surface area contributed by atoms with Gasteiger partial charge in [0, 0.05) is 16.8 Å². The summed E-state index contributed by atoms with van der Waals surface area (Å²) in [5.74, 6) is -2.97. The molecule has 4 aromatic carbocycles. The van der Waals surface area contributed by atoms with Crippen LogP contribution in [0.3, 0.4) is 0 Å². The molecule has 0 spiro atoms. The number of nitrogens with one attached hydrogen (secondary N) is 1. The van der Waals surface area contributed by atoms with Gasteiger partial charge in [-0.1, -0.05) is 66.7 Å². The summed E-state index contributed by atoms with van der Waals surface area (Å²) in [6.07, 6.45) is -1.22. The second-order valence-corrected chi connectivity index (χ2v) is 8.80. The van der Waals surface area contributed by atoms with Crippen LogP contribution >= 0.6 is 0 Å². The Morgan fingerprint density at radius 3 is 2.39 bits per heavy atom. The standard InChI is InChI=1S/C30H23NO5/c1-17-11-12-18(2)24(15-17)31-29(34)27(33)25(28-22-9-5-6-10-23(22)30(35)36-28)26(32)21-14-13-19-7-3-4-8-20(19)16-21/h3-16,28,32H,1-2H3,(H,31,34)/t28-/m0/s1. The van der Waals surface area contributed by atoms with E-state index in [4.69, 9.17) is 4.74 Å². The van der Waals surface area contributed by atoms with E-state index in [2.05, 4.69) is 5.32 Å². The molecule has 2 N–H and O–H groups in total. The first-order valence-electron chi connectivity index (χ1n) is 11.5. The van der Waals surface area contributed by atoms with E-state index in [0.717, 1.165) is 21.9 Å². The SMILES string of the molecule is Cc1ccc(C)c(NC(=O)C(=O)C(=C(O)c2ccc3ccccc3c2)[C@H]2OC(=O)c3ccccc32)c1. The lowest BCUT2D eigenvalue weighted by molar-refractivity contribution is -0.133. The molecule has 1 amide bonds. The molecule has 5 rings (SSSR count). The summed E-state index contributed by atoms with van der Waals surface area (Å²) in [6.45, 7) is 3.69. The van der Waals surface area contributed by atoms with Crippen molar-refractivity contribution in [2.75, 3.05) is 5.32 Å². The van der Waals surface area contributed by atoms with Crippen LogP contribution in [0.4, 0.5) is 5.69 Å². The van der Waals surface area contributed by atoms with Crippen molar-refractivity contribution in [2.24, 2.45) is 0 Å². The molecule has 0 saturated carbocycles. The molecule has 0 aliphatic carbocycles. The minimum atomic E-state index is -1.22. The number of hydrogen-bond acceptors (Lipinski definition) is 5. The average Bonchev–Trinajstić information content (AvgIpc) is 3.22. The number of benzene rings is 4. The summed E-state index contributed by atoms with van der Waals surface area (Å²) in [4.78, 5) is 39.3. The lowest BCUT2D eigenvalue weighted by Crippen LogP contribution is -2.28. The number of hydrogen-bond donors (Lipinski definition) is 2. The first-order chi connectivity index (χ1) is 17.3. The van der Waals surface area contributed by atoms with Crippen LogP contribution in [0.15, 0.2) is 90.5 Å². The molecule has 1 heterocycles. The largest absolute Gasteiger partial charge is 0.507 e. The number of cyclic esters (lactones) is 1. The van der Waals surface area contributed by atoms with E-state index in [1.54, 1.807) is 42.5 Å². The highest BCUT2D eigenvalue weighted by Crippen LogP contribution is 2.39. The van der Waals surface area contributed by atoms with Gasteiger partial charge in [0.25, 0.3) is 11.7 Å². The Balaban J connectivity index is 1.62. The summed E-state index contributed by atoms with van der Waals surface area (Å²) in [5.41, 5.74) is 2.91. The molecule has 0 aromatic heterocycles. The molecule has 4 aromatic rings. The molecule has 178 valence electrons. The zero-order chi connectivity index (χ0) is 25.4. The van der Waals surface area contributed by atoms with Gasteiger partial charge in [0.05, 0.1) is 11.1 Å². The van der Waals surface area contributed by atoms with Crippen molar-refractivity contribution < 1.29 is 24.2 Å². The van der Waals surface area contributed by atoms with Crippen LogP contribution in [0.5, 0.6) is 0 Å². The van der Waals surface area contributed by atoms with Crippen LogP contribution in [0.2, 0.25) is 0 Å². The fourth-order valence-corrected chi connectivity index (χ4v) is 4.37. The van der Waals surface area contributed by atoms with Crippen LogP contribution in [0, 0.1) is 13.8 Å². The van der Waals surface area contributed by atoms with Crippen molar-refractivity contribution in [1.82, 2.24) is 0 Å². The van der Waals surface area contributed by atoms with Crippen LogP contribution in [-0.4, -0.2) is 22.8 Å². The molecule has 0 saturated heterocycles. The third-order valence-electron chi connectivity index (χ3n) is 6.32. The normalized spacial score (nSPS) is 15.2. The summed E-state index contributed by atoms with van der Waals surface area (Å²) >= 11 is 0. The Hall–Kier alpha value is -4.71. The number of aliphatic hydroxyl groups is 1. The van der Waals surface area contributed by atoms with E-state index < -0.39 is 29.5 Å². The summed E-state index contributed by atoms with van der Waals surface area (Å²) < 4.78 is 5.53. The third kappa shape index (κ3) is 4.14. The highest BCUT2D eigenvalue weighted by Gasteiger charge is 2.40. The molecule has 1 aliphatic rings. The van der Waals surface area contributed by atoms with Crippen LogP contribution in [0.25, 0.3) is 16.5 Å². The van der Waals surface area contributed by atoms with Gasteiger partial charge in [0.15, 0.2) is 6.10 Å². The molecular weight excluding hydrogens is 454 g/mol. The van der Waals surface area contributed by atoms with E-state index in [1.807, 2.05) is 56.3 Å². The average molecular weight is 478 g/mol. The second kappa shape index (κ2) is 9.15. The molecule has 6 nitrogen and oxygen atoms in total. The fourth-order valence-electron chi connectivity index (χ4n) is 4.37. The number of esters is 1. The lowest BCUT2D eigenvalue weighted by atomic mass is 9.92. The van der Waals surface area contributed by atoms with E-state index in [-0.39, 0.29) is 11.1 Å². The maximum atomic E-state index is 13.6. The summed E-state index contributed by atoms with van der Waals surface area (Å²) in [5, 5.41) is 15.8. The number of Topliss-reactive ketones (excluding diaryl/α,β-unsaturated/α-hetero) is 1. The van der Waals surface area contributed by atoms with Crippen molar-refractivity contribution in [3.63, 3.8) is 0 Å². The van der Waals surface area contributed by atoms with Crippen molar-refractivity contribution in [1.29, 1.82) is 0 Å². The number of anilines is 1. The molecule has 0 fully saturated rings. The zero-order valence-electron chi connectivity index (χ0n) is 19.7. The Morgan fingerprint density at radius 2 is 1.58 bits per heavy atom. The monoisotopic (exact) mass is 477 g/mol. The Labute approximate surface area is 207 Å². The number of aryl methyl sites for hydroxylation is 2. The minimum absolute atomic E-state index is 0.286. The maximum Gasteiger partial charge on any atom is 0.339 e. The van der Waals surface area contributed by atoms with Crippen LogP contribution < -0.4 is 5.32 Å². The first kappa shape index (κ1) is 23.1. The third-order valence-corrected chi connectivity index (χ3v) is 6.32. The van der Waals surface area contributed by atoms with Gasteiger partial charge in [-0.25, -0.2) is 4.79 Å². The maximum absolute atomic E-state index is 13.6. The fraction of sp³-hybridized carbons (Fsp3) is 0.100. The van der Waals surface area contributed by atoms with Crippen molar-refractivity contribution in [3.8, 4) is 0 Å². The summed E-state index contributed by atoms with van der Waals surface area (Å²) in [7, 11) is 0. The van der Waals surface area contributed by atoms with Crippen molar-refractivity contribution in [2.45, 2.75) is 20.0 Å².